The average molecular weight is 285 g/mol. The lowest BCUT2D eigenvalue weighted by Crippen LogP contribution is -2.15. The maximum absolute atomic E-state index is 5.61. The molecule has 3 rings (SSSR count). The molecule has 0 fully saturated rings. The Morgan fingerprint density at radius 3 is 2.71 bits per heavy atom. The number of hydrogen-bond donors (Lipinski definition) is 1. The fraction of sp³-hybridized carbons (Fsp3) is 0.294. The molecule has 4 heteroatoms. The number of nitrogens with one attached hydrogen (secondary N) is 1. The number of benzene rings is 2. The van der Waals surface area contributed by atoms with Crippen LogP contribution in [0, 0.1) is 0 Å². The molecule has 2 aromatic rings. The lowest BCUT2D eigenvalue weighted by Gasteiger charge is -2.19. The number of rotatable bonds is 5. The summed E-state index contributed by atoms with van der Waals surface area (Å²) in [7, 11) is 1.71. The molecule has 21 heavy (non-hydrogen) atoms. The van der Waals surface area contributed by atoms with E-state index < -0.39 is 0 Å². The largest absolute Gasteiger partial charge is 0.486 e. The maximum atomic E-state index is 5.61. The molecule has 0 spiro atoms. The summed E-state index contributed by atoms with van der Waals surface area (Å²) in [6.07, 6.45) is 0. The van der Waals surface area contributed by atoms with E-state index in [4.69, 9.17) is 14.2 Å². The highest BCUT2D eigenvalue weighted by Crippen LogP contribution is 2.31. The summed E-state index contributed by atoms with van der Waals surface area (Å²) >= 11 is 0. The fourth-order valence-electron chi connectivity index (χ4n) is 2.37. The Bertz CT molecular complexity index is 613. The number of anilines is 1. The third-order valence-corrected chi connectivity index (χ3v) is 3.41. The monoisotopic (exact) mass is 285 g/mol. The number of hydrogen-bond acceptors (Lipinski definition) is 4. The summed E-state index contributed by atoms with van der Waals surface area (Å²) < 4.78 is 16.4. The van der Waals surface area contributed by atoms with E-state index >= 15 is 0 Å². The van der Waals surface area contributed by atoms with Crippen LogP contribution in [-0.4, -0.2) is 20.3 Å². The number of methoxy groups -OCH3 is 1. The highest BCUT2D eigenvalue weighted by Gasteiger charge is 2.11. The van der Waals surface area contributed by atoms with Crippen LogP contribution in [0.1, 0.15) is 11.1 Å². The van der Waals surface area contributed by atoms with Gasteiger partial charge in [0, 0.05) is 24.9 Å². The average Bonchev–Trinajstić information content (AvgIpc) is 2.54. The van der Waals surface area contributed by atoms with Gasteiger partial charge < -0.3 is 19.5 Å². The van der Waals surface area contributed by atoms with Gasteiger partial charge in [-0.1, -0.05) is 24.3 Å². The number of para-hydroxylation sites is 1. The molecule has 0 saturated heterocycles. The predicted molar refractivity (Wildman–Crippen MR) is 81.9 cm³/mol. The molecule has 0 aliphatic carbocycles. The molecule has 1 aliphatic heterocycles. The third-order valence-electron chi connectivity index (χ3n) is 3.41. The van der Waals surface area contributed by atoms with Crippen molar-refractivity contribution in [2.45, 2.75) is 13.2 Å². The summed E-state index contributed by atoms with van der Waals surface area (Å²) in [5.74, 6) is 1.65. The minimum absolute atomic E-state index is 0.602. The zero-order chi connectivity index (χ0) is 14.5. The van der Waals surface area contributed by atoms with Gasteiger partial charge in [0.05, 0.1) is 6.61 Å². The van der Waals surface area contributed by atoms with Crippen molar-refractivity contribution >= 4 is 5.69 Å². The van der Waals surface area contributed by atoms with Crippen LogP contribution >= 0.6 is 0 Å². The van der Waals surface area contributed by atoms with E-state index in [0.717, 1.165) is 34.9 Å². The molecule has 0 aromatic heterocycles. The maximum Gasteiger partial charge on any atom is 0.161 e. The Kier molecular flexibility index (Phi) is 4.26. The van der Waals surface area contributed by atoms with E-state index in [0.29, 0.717) is 19.8 Å². The van der Waals surface area contributed by atoms with Crippen LogP contribution in [0.4, 0.5) is 5.69 Å². The first-order valence-electron chi connectivity index (χ1n) is 7.06. The van der Waals surface area contributed by atoms with Crippen LogP contribution in [0.5, 0.6) is 11.5 Å². The molecule has 0 bridgehead atoms. The molecule has 2 aromatic carbocycles. The normalized spacial score (nSPS) is 13.0. The molecule has 0 unspecified atom stereocenters. The van der Waals surface area contributed by atoms with Crippen LogP contribution in [0.25, 0.3) is 0 Å². The Morgan fingerprint density at radius 1 is 1.05 bits per heavy atom. The van der Waals surface area contributed by atoms with E-state index in [1.54, 1.807) is 7.11 Å². The molecule has 1 N–H and O–H groups in total. The van der Waals surface area contributed by atoms with Crippen molar-refractivity contribution < 1.29 is 14.2 Å². The van der Waals surface area contributed by atoms with Gasteiger partial charge in [-0.2, -0.15) is 0 Å². The topological polar surface area (TPSA) is 39.7 Å². The van der Waals surface area contributed by atoms with Gasteiger partial charge >= 0.3 is 0 Å². The molecule has 0 saturated carbocycles. The molecule has 110 valence electrons. The second-order valence-electron chi connectivity index (χ2n) is 4.92. The van der Waals surface area contributed by atoms with Crippen molar-refractivity contribution in [1.82, 2.24) is 0 Å². The SMILES string of the molecule is COCc1ccccc1NCc1ccc2c(c1)OCCO2. The molecule has 0 atom stereocenters. The van der Waals surface area contributed by atoms with Gasteiger partial charge in [-0.05, 0) is 23.8 Å². The Balaban J connectivity index is 1.70. The van der Waals surface area contributed by atoms with Gasteiger partial charge in [0.25, 0.3) is 0 Å². The Morgan fingerprint density at radius 2 is 1.86 bits per heavy atom. The van der Waals surface area contributed by atoms with Crippen molar-refractivity contribution in [3.63, 3.8) is 0 Å². The standard InChI is InChI=1S/C17H19NO3/c1-19-12-14-4-2-3-5-15(14)18-11-13-6-7-16-17(10-13)21-9-8-20-16/h2-7,10,18H,8-9,11-12H2,1H3. The minimum atomic E-state index is 0.602. The molecular formula is C17H19NO3. The van der Waals surface area contributed by atoms with Gasteiger partial charge in [-0.15, -0.1) is 0 Å². The minimum Gasteiger partial charge on any atom is -0.486 e. The van der Waals surface area contributed by atoms with Gasteiger partial charge in [-0.25, -0.2) is 0 Å². The van der Waals surface area contributed by atoms with Crippen LogP contribution in [0.15, 0.2) is 42.5 Å². The number of fused-ring (bicyclic) bond motifs is 1. The van der Waals surface area contributed by atoms with E-state index in [1.165, 1.54) is 0 Å². The summed E-state index contributed by atoms with van der Waals surface area (Å²) in [4.78, 5) is 0. The summed E-state index contributed by atoms with van der Waals surface area (Å²) in [5.41, 5.74) is 3.40. The third kappa shape index (κ3) is 3.28. The molecule has 4 nitrogen and oxygen atoms in total. The van der Waals surface area contributed by atoms with Gasteiger partial charge in [0.1, 0.15) is 13.2 Å². The predicted octanol–water partition coefficient (Wildman–Crippen LogP) is 3.22. The van der Waals surface area contributed by atoms with E-state index in [2.05, 4.69) is 23.5 Å². The first-order valence-corrected chi connectivity index (χ1v) is 7.06. The van der Waals surface area contributed by atoms with Crippen LogP contribution in [0.2, 0.25) is 0 Å². The highest BCUT2D eigenvalue weighted by atomic mass is 16.6. The quantitative estimate of drug-likeness (QED) is 0.915. The van der Waals surface area contributed by atoms with Crippen molar-refractivity contribution in [2.24, 2.45) is 0 Å². The fourth-order valence-corrected chi connectivity index (χ4v) is 2.37. The lowest BCUT2D eigenvalue weighted by molar-refractivity contribution is 0.171. The van der Waals surface area contributed by atoms with Crippen LogP contribution in [-0.2, 0) is 17.9 Å². The Labute approximate surface area is 124 Å². The Hall–Kier alpha value is -2.20. The van der Waals surface area contributed by atoms with Crippen molar-refractivity contribution in [1.29, 1.82) is 0 Å². The van der Waals surface area contributed by atoms with E-state index in [9.17, 15) is 0 Å². The van der Waals surface area contributed by atoms with E-state index in [1.807, 2.05) is 24.3 Å². The first-order chi connectivity index (χ1) is 10.4. The summed E-state index contributed by atoms with van der Waals surface area (Å²) in [6, 6.07) is 14.2. The molecular weight excluding hydrogens is 266 g/mol. The zero-order valence-electron chi connectivity index (χ0n) is 12.1. The second-order valence-corrected chi connectivity index (χ2v) is 4.92. The molecule has 0 radical (unpaired) electrons. The zero-order valence-corrected chi connectivity index (χ0v) is 12.1. The second kappa shape index (κ2) is 6.50. The first kappa shape index (κ1) is 13.8. The molecule has 0 amide bonds. The number of ether oxygens (including phenoxy) is 3. The molecule has 1 heterocycles. The lowest BCUT2D eigenvalue weighted by atomic mass is 10.1. The van der Waals surface area contributed by atoms with Gasteiger partial charge in [0.2, 0.25) is 0 Å². The smallest absolute Gasteiger partial charge is 0.161 e. The van der Waals surface area contributed by atoms with Crippen molar-refractivity contribution in [3.05, 3.63) is 53.6 Å². The van der Waals surface area contributed by atoms with Gasteiger partial charge in [-0.3, -0.25) is 0 Å². The van der Waals surface area contributed by atoms with Crippen molar-refractivity contribution in [2.75, 3.05) is 25.6 Å². The molecule has 1 aliphatic rings. The van der Waals surface area contributed by atoms with Crippen LogP contribution in [0.3, 0.4) is 0 Å². The van der Waals surface area contributed by atoms with E-state index in [-0.39, 0.29) is 0 Å². The van der Waals surface area contributed by atoms with Crippen molar-refractivity contribution in [3.8, 4) is 11.5 Å². The van der Waals surface area contributed by atoms with Gasteiger partial charge in [0.15, 0.2) is 11.5 Å². The van der Waals surface area contributed by atoms with Crippen LogP contribution < -0.4 is 14.8 Å². The highest BCUT2D eigenvalue weighted by molar-refractivity contribution is 5.52. The summed E-state index contributed by atoms with van der Waals surface area (Å²) in [5, 5.41) is 3.44. The summed E-state index contributed by atoms with van der Waals surface area (Å²) in [6.45, 7) is 2.57.